The molecule has 0 aliphatic rings. The lowest BCUT2D eigenvalue weighted by Crippen LogP contribution is -2.12. The van der Waals surface area contributed by atoms with Crippen molar-refractivity contribution in [2.45, 2.75) is 4.90 Å². The molecule has 0 atom stereocenters. The maximum Gasteiger partial charge on any atom is 0.255 e. The van der Waals surface area contributed by atoms with Crippen molar-refractivity contribution in [1.29, 1.82) is 0 Å². The zero-order valence-corrected chi connectivity index (χ0v) is 11.1. The number of hydrogen-bond donors (Lipinski definition) is 2. The molecule has 1 N–H and O–H groups in total. The molecule has 0 heterocycles. The summed E-state index contributed by atoms with van der Waals surface area (Å²) in [5.74, 6) is -0.438. The predicted molar refractivity (Wildman–Crippen MR) is 74.6 cm³/mol. The van der Waals surface area contributed by atoms with Crippen molar-refractivity contribution < 1.29 is 13.9 Å². The molecule has 0 radical (unpaired) electrons. The lowest BCUT2D eigenvalue weighted by atomic mass is 10.2. The number of methoxy groups -OCH3 is 1. The SMILES string of the molecule is COc1cc(F)ccc1NC(=O)c1ccc(S)cc1. The van der Waals surface area contributed by atoms with Gasteiger partial charge in [0, 0.05) is 16.5 Å². The first-order chi connectivity index (χ1) is 9.10. The molecular formula is C14H12FNO2S. The fourth-order valence-corrected chi connectivity index (χ4v) is 1.72. The molecular weight excluding hydrogens is 265 g/mol. The summed E-state index contributed by atoms with van der Waals surface area (Å²) in [4.78, 5) is 12.8. The molecule has 0 saturated carbocycles. The summed E-state index contributed by atoms with van der Waals surface area (Å²) in [7, 11) is 1.42. The third-order valence-electron chi connectivity index (χ3n) is 2.54. The van der Waals surface area contributed by atoms with Crippen molar-refractivity contribution in [2.24, 2.45) is 0 Å². The summed E-state index contributed by atoms with van der Waals surface area (Å²) >= 11 is 4.15. The lowest BCUT2D eigenvalue weighted by molar-refractivity contribution is 0.102. The van der Waals surface area contributed by atoms with Crippen molar-refractivity contribution in [3.63, 3.8) is 0 Å². The van der Waals surface area contributed by atoms with Gasteiger partial charge in [-0.15, -0.1) is 12.6 Å². The first-order valence-corrected chi connectivity index (χ1v) is 5.99. The molecule has 0 unspecified atom stereocenters. The second-order valence-electron chi connectivity index (χ2n) is 3.85. The topological polar surface area (TPSA) is 38.3 Å². The second-order valence-corrected chi connectivity index (χ2v) is 4.36. The Hall–Kier alpha value is -2.01. The van der Waals surface area contributed by atoms with Gasteiger partial charge in [0.05, 0.1) is 12.8 Å². The zero-order chi connectivity index (χ0) is 13.8. The minimum atomic E-state index is -0.422. The number of thiol groups is 1. The van der Waals surface area contributed by atoms with E-state index in [0.717, 1.165) is 4.90 Å². The number of halogens is 1. The summed E-state index contributed by atoms with van der Waals surface area (Å²) in [5, 5.41) is 2.67. The molecule has 5 heteroatoms. The van der Waals surface area contributed by atoms with Crippen LogP contribution in [0, 0.1) is 5.82 Å². The van der Waals surface area contributed by atoms with Gasteiger partial charge in [-0.3, -0.25) is 4.79 Å². The van der Waals surface area contributed by atoms with Crippen LogP contribution < -0.4 is 10.1 Å². The third-order valence-corrected chi connectivity index (χ3v) is 2.84. The smallest absolute Gasteiger partial charge is 0.255 e. The number of benzene rings is 2. The highest BCUT2D eigenvalue weighted by molar-refractivity contribution is 7.80. The minimum absolute atomic E-state index is 0.277. The van der Waals surface area contributed by atoms with Gasteiger partial charge in [-0.25, -0.2) is 4.39 Å². The first kappa shape index (κ1) is 13.4. The van der Waals surface area contributed by atoms with E-state index in [1.807, 2.05) is 0 Å². The van der Waals surface area contributed by atoms with Gasteiger partial charge in [0.15, 0.2) is 0 Å². The molecule has 2 aromatic carbocycles. The van der Waals surface area contributed by atoms with Gasteiger partial charge in [0.25, 0.3) is 5.91 Å². The molecule has 0 aliphatic carbocycles. The highest BCUT2D eigenvalue weighted by Crippen LogP contribution is 2.25. The molecule has 2 rings (SSSR count). The van der Waals surface area contributed by atoms with Crippen LogP contribution in [-0.4, -0.2) is 13.0 Å². The van der Waals surface area contributed by atoms with Crippen LogP contribution in [0.2, 0.25) is 0 Å². The number of nitrogens with one attached hydrogen (secondary N) is 1. The molecule has 1 amide bonds. The molecule has 19 heavy (non-hydrogen) atoms. The molecule has 0 bridgehead atoms. The number of ether oxygens (including phenoxy) is 1. The Labute approximate surface area is 115 Å². The van der Waals surface area contributed by atoms with E-state index in [9.17, 15) is 9.18 Å². The summed E-state index contributed by atoms with van der Waals surface area (Å²) in [6, 6.07) is 10.7. The average Bonchev–Trinajstić information content (AvgIpc) is 2.41. The van der Waals surface area contributed by atoms with Gasteiger partial charge in [-0.1, -0.05) is 0 Å². The van der Waals surface area contributed by atoms with Crippen molar-refractivity contribution >= 4 is 24.2 Å². The van der Waals surface area contributed by atoms with E-state index in [0.29, 0.717) is 11.3 Å². The summed E-state index contributed by atoms with van der Waals surface area (Å²) < 4.78 is 18.1. The van der Waals surface area contributed by atoms with Crippen LogP contribution >= 0.6 is 12.6 Å². The van der Waals surface area contributed by atoms with Crippen LogP contribution in [0.5, 0.6) is 5.75 Å². The van der Waals surface area contributed by atoms with E-state index >= 15 is 0 Å². The maximum atomic E-state index is 13.0. The van der Waals surface area contributed by atoms with E-state index in [1.54, 1.807) is 24.3 Å². The van der Waals surface area contributed by atoms with Crippen LogP contribution in [-0.2, 0) is 0 Å². The van der Waals surface area contributed by atoms with E-state index in [4.69, 9.17) is 4.74 Å². The van der Waals surface area contributed by atoms with Crippen LogP contribution in [0.3, 0.4) is 0 Å². The monoisotopic (exact) mass is 277 g/mol. The molecule has 3 nitrogen and oxygen atoms in total. The van der Waals surface area contributed by atoms with Crippen LogP contribution in [0.25, 0.3) is 0 Å². The largest absolute Gasteiger partial charge is 0.494 e. The van der Waals surface area contributed by atoms with E-state index < -0.39 is 5.82 Å². The zero-order valence-electron chi connectivity index (χ0n) is 10.2. The third kappa shape index (κ3) is 3.26. The molecule has 0 spiro atoms. The summed E-state index contributed by atoms with van der Waals surface area (Å²) in [5.41, 5.74) is 0.910. The summed E-state index contributed by atoms with van der Waals surface area (Å²) in [6.07, 6.45) is 0. The molecule has 98 valence electrons. The number of carbonyl (C=O) groups is 1. The average molecular weight is 277 g/mol. The number of amides is 1. The van der Waals surface area contributed by atoms with Crippen molar-refractivity contribution in [3.05, 3.63) is 53.8 Å². The van der Waals surface area contributed by atoms with Gasteiger partial charge in [-0.2, -0.15) is 0 Å². The van der Waals surface area contributed by atoms with Crippen molar-refractivity contribution in [2.75, 3.05) is 12.4 Å². The standard InChI is InChI=1S/C14H12FNO2S/c1-18-13-8-10(15)4-7-12(13)16-14(17)9-2-5-11(19)6-3-9/h2-8,19H,1H3,(H,16,17). The van der Waals surface area contributed by atoms with Gasteiger partial charge >= 0.3 is 0 Å². The second kappa shape index (κ2) is 5.75. The van der Waals surface area contributed by atoms with Crippen LogP contribution in [0.15, 0.2) is 47.4 Å². The fraction of sp³-hybridized carbons (Fsp3) is 0.0714. The molecule has 0 aromatic heterocycles. The Morgan fingerprint density at radius 2 is 1.89 bits per heavy atom. The lowest BCUT2D eigenvalue weighted by Gasteiger charge is -2.10. The Kier molecular flexibility index (Phi) is 4.06. The first-order valence-electron chi connectivity index (χ1n) is 5.54. The quantitative estimate of drug-likeness (QED) is 0.844. The Morgan fingerprint density at radius 3 is 2.53 bits per heavy atom. The van der Waals surface area contributed by atoms with Crippen molar-refractivity contribution in [3.8, 4) is 5.75 Å². The number of hydrogen-bond acceptors (Lipinski definition) is 3. The number of rotatable bonds is 3. The van der Waals surface area contributed by atoms with Gasteiger partial charge in [-0.05, 0) is 36.4 Å². The highest BCUT2D eigenvalue weighted by atomic mass is 32.1. The minimum Gasteiger partial charge on any atom is -0.494 e. The van der Waals surface area contributed by atoms with Gasteiger partial charge in [0.2, 0.25) is 0 Å². The molecule has 2 aromatic rings. The fourth-order valence-electron chi connectivity index (χ4n) is 1.58. The Balaban J connectivity index is 2.21. The van der Waals surface area contributed by atoms with Gasteiger partial charge in [0.1, 0.15) is 11.6 Å². The van der Waals surface area contributed by atoms with E-state index in [2.05, 4.69) is 17.9 Å². The van der Waals surface area contributed by atoms with Crippen molar-refractivity contribution in [1.82, 2.24) is 0 Å². The Morgan fingerprint density at radius 1 is 1.21 bits per heavy atom. The van der Waals surface area contributed by atoms with E-state index in [1.165, 1.54) is 25.3 Å². The number of anilines is 1. The maximum absolute atomic E-state index is 13.0. The van der Waals surface area contributed by atoms with E-state index in [-0.39, 0.29) is 11.7 Å². The molecule has 0 saturated heterocycles. The molecule has 0 aliphatic heterocycles. The van der Waals surface area contributed by atoms with Crippen LogP contribution in [0.4, 0.5) is 10.1 Å². The van der Waals surface area contributed by atoms with Crippen LogP contribution in [0.1, 0.15) is 10.4 Å². The highest BCUT2D eigenvalue weighted by Gasteiger charge is 2.10. The van der Waals surface area contributed by atoms with Gasteiger partial charge < -0.3 is 10.1 Å². The predicted octanol–water partition coefficient (Wildman–Crippen LogP) is 3.38. The molecule has 0 fully saturated rings. The normalized spacial score (nSPS) is 10.1. The summed E-state index contributed by atoms with van der Waals surface area (Å²) in [6.45, 7) is 0. The number of carbonyl (C=O) groups excluding carboxylic acids is 1. The Bertz CT molecular complexity index is 599.